The van der Waals surface area contributed by atoms with E-state index in [2.05, 4.69) is 9.88 Å². The monoisotopic (exact) mass is 442 g/mol. The van der Waals surface area contributed by atoms with E-state index in [4.69, 9.17) is 23.2 Å². The number of hydrogen-bond donors (Lipinski definition) is 0. The maximum absolute atomic E-state index is 12.8. The van der Waals surface area contributed by atoms with Crippen LogP contribution in [0.4, 0.5) is 5.82 Å². The Morgan fingerprint density at radius 2 is 1.86 bits per heavy atom. The van der Waals surface area contributed by atoms with Gasteiger partial charge in [-0.3, -0.25) is 4.79 Å². The molecule has 0 spiro atoms. The number of likely N-dealkylation sites (N-methyl/N-ethyl adjacent to an activating group) is 1. The summed E-state index contributed by atoms with van der Waals surface area (Å²) in [6, 6.07) is 9.91. The highest BCUT2D eigenvalue weighted by Gasteiger charge is 2.29. The van der Waals surface area contributed by atoms with E-state index in [0.29, 0.717) is 26.2 Å². The van der Waals surface area contributed by atoms with Crippen LogP contribution < -0.4 is 4.90 Å². The van der Waals surface area contributed by atoms with Gasteiger partial charge in [-0.25, -0.2) is 13.4 Å². The van der Waals surface area contributed by atoms with Crippen molar-refractivity contribution in [1.29, 1.82) is 0 Å². The minimum atomic E-state index is -3.93. The second kappa shape index (κ2) is 8.65. The van der Waals surface area contributed by atoms with Gasteiger partial charge in [-0.1, -0.05) is 29.3 Å². The molecular formula is C18H20Cl2N4O3S. The van der Waals surface area contributed by atoms with Crippen molar-refractivity contribution in [2.75, 3.05) is 44.7 Å². The van der Waals surface area contributed by atoms with Gasteiger partial charge in [0.25, 0.3) is 0 Å². The van der Waals surface area contributed by atoms with Crippen molar-refractivity contribution in [3.63, 3.8) is 0 Å². The first-order valence-corrected chi connectivity index (χ1v) is 10.8. The number of anilines is 1. The Balaban J connectivity index is 1.62. The lowest BCUT2D eigenvalue weighted by atomic mass is 10.3. The molecule has 1 saturated heterocycles. The zero-order chi connectivity index (χ0) is 20.3. The molecule has 7 nitrogen and oxygen atoms in total. The summed E-state index contributed by atoms with van der Waals surface area (Å²) in [6.07, 6.45) is 1.73. The standard InChI is InChI=1S/C18H20Cl2N4O3S/c1-22(28(26,27)16-12-14(19)5-6-15(16)20)13-18(25)24-10-8-23(9-11-24)17-4-2-3-7-21-17/h2-7,12H,8-11,13H2,1H3. The lowest BCUT2D eigenvalue weighted by Crippen LogP contribution is -2.51. The first-order valence-electron chi connectivity index (χ1n) is 8.64. The molecule has 1 aromatic carbocycles. The molecule has 1 aliphatic heterocycles. The molecule has 1 aliphatic rings. The van der Waals surface area contributed by atoms with Crippen molar-refractivity contribution in [2.24, 2.45) is 0 Å². The van der Waals surface area contributed by atoms with Gasteiger partial charge in [-0.05, 0) is 30.3 Å². The van der Waals surface area contributed by atoms with E-state index >= 15 is 0 Å². The molecular weight excluding hydrogens is 423 g/mol. The number of piperazine rings is 1. The topological polar surface area (TPSA) is 73.8 Å². The van der Waals surface area contributed by atoms with Gasteiger partial charge in [0.1, 0.15) is 10.7 Å². The number of aromatic nitrogens is 1. The van der Waals surface area contributed by atoms with E-state index in [-0.39, 0.29) is 27.4 Å². The number of halogens is 2. The summed E-state index contributed by atoms with van der Waals surface area (Å²) in [6.45, 7) is 2.01. The Morgan fingerprint density at radius 1 is 1.14 bits per heavy atom. The molecule has 2 aromatic rings. The van der Waals surface area contributed by atoms with E-state index in [0.717, 1.165) is 10.1 Å². The van der Waals surface area contributed by atoms with Crippen molar-refractivity contribution in [3.05, 3.63) is 52.6 Å². The Morgan fingerprint density at radius 3 is 2.50 bits per heavy atom. The predicted molar refractivity (Wildman–Crippen MR) is 109 cm³/mol. The molecule has 1 fully saturated rings. The van der Waals surface area contributed by atoms with Crippen LogP contribution in [0.3, 0.4) is 0 Å². The summed E-state index contributed by atoms with van der Waals surface area (Å²) < 4.78 is 26.5. The van der Waals surface area contributed by atoms with E-state index in [1.165, 1.54) is 25.2 Å². The van der Waals surface area contributed by atoms with Gasteiger partial charge in [-0.2, -0.15) is 4.31 Å². The summed E-state index contributed by atoms with van der Waals surface area (Å²) >= 11 is 11.9. The minimum absolute atomic E-state index is 0.0627. The molecule has 3 rings (SSSR count). The van der Waals surface area contributed by atoms with Gasteiger partial charge in [0.2, 0.25) is 15.9 Å². The number of carbonyl (C=O) groups excluding carboxylic acids is 1. The third-order valence-electron chi connectivity index (χ3n) is 4.55. The molecule has 2 heterocycles. The molecule has 0 bridgehead atoms. The van der Waals surface area contributed by atoms with Crippen LogP contribution in [-0.4, -0.2) is 68.3 Å². The molecule has 0 unspecified atom stereocenters. The first kappa shape index (κ1) is 20.9. The largest absolute Gasteiger partial charge is 0.353 e. The summed E-state index contributed by atoms with van der Waals surface area (Å²) in [5.74, 6) is 0.606. The molecule has 1 amide bonds. The van der Waals surface area contributed by atoms with Gasteiger partial charge in [0.05, 0.1) is 11.6 Å². The van der Waals surface area contributed by atoms with Crippen LogP contribution >= 0.6 is 23.2 Å². The Kier molecular flexibility index (Phi) is 6.44. The van der Waals surface area contributed by atoms with Crippen LogP contribution in [0.2, 0.25) is 10.0 Å². The quantitative estimate of drug-likeness (QED) is 0.710. The molecule has 28 heavy (non-hydrogen) atoms. The van der Waals surface area contributed by atoms with Gasteiger partial charge in [-0.15, -0.1) is 0 Å². The predicted octanol–water partition coefficient (Wildman–Crippen LogP) is 2.36. The molecule has 0 atom stereocenters. The van der Waals surface area contributed by atoms with Crippen molar-refractivity contribution in [2.45, 2.75) is 4.90 Å². The molecule has 10 heteroatoms. The lowest BCUT2D eigenvalue weighted by molar-refractivity contribution is -0.131. The number of pyridine rings is 1. The van der Waals surface area contributed by atoms with Gasteiger partial charge >= 0.3 is 0 Å². The third-order valence-corrected chi connectivity index (χ3v) is 7.07. The normalized spacial score (nSPS) is 15.1. The number of amides is 1. The van der Waals surface area contributed by atoms with Gasteiger partial charge < -0.3 is 9.80 Å². The SMILES string of the molecule is CN(CC(=O)N1CCN(c2ccccn2)CC1)S(=O)(=O)c1cc(Cl)ccc1Cl. The van der Waals surface area contributed by atoms with Crippen LogP contribution in [-0.2, 0) is 14.8 Å². The zero-order valence-corrected chi connectivity index (χ0v) is 17.6. The van der Waals surface area contributed by atoms with Gasteiger partial charge in [0.15, 0.2) is 0 Å². The van der Waals surface area contributed by atoms with Crippen molar-refractivity contribution < 1.29 is 13.2 Å². The van der Waals surface area contributed by atoms with Crippen molar-refractivity contribution >= 4 is 45.0 Å². The van der Waals surface area contributed by atoms with E-state index < -0.39 is 10.0 Å². The first-order chi connectivity index (χ1) is 13.3. The highest BCUT2D eigenvalue weighted by molar-refractivity contribution is 7.89. The lowest BCUT2D eigenvalue weighted by Gasteiger charge is -2.36. The maximum atomic E-state index is 12.8. The van der Waals surface area contributed by atoms with Crippen LogP contribution in [0.1, 0.15) is 0 Å². The van der Waals surface area contributed by atoms with Crippen molar-refractivity contribution in [3.8, 4) is 0 Å². The minimum Gasteiger partial charge on any atom is -0.353 e. The molecule has 0 aliphatic carbocycles. The van der Waals surface area contributed by atoms with E-state index in [9.17, 15) is 13.2 Å². The molecule has 0 N–H and O–H groups in total. The smallest absolute Gasteiger partial charge is 0.244 e. The fraction of sp³-hybridized carbons (Fsp3) is 0.333. The second-order valence-corrected chi connectivity index (χ2v) is 9.25. The number of sulfonamides is 1. The van der Waals surface area contributed by atoms with E-state index in [1.54, 1.807) is 11.1 Å². The number of carbonyl (C=O) groups is 1. The van der Waals surface area contributed by atoms with Crippen LogP contribution in [0, 0.1) is 0 Å². The highest BCUT2D eigenvalue weighted by Crippen LogP contribution is 2.27. The number of nitrogens with zero attached hydrogens (tertiary/aromatic N) is 4. The molecule has 150 valence electrons. The Hall–Kier alpha value is -1.87. The number of hydrogen-bond acceptors (Lipinski definition) is 5. The molecule has 0 saturated carbocycles. The van der Waals surface area contributed by atoms with Crippen LogP contribution in [0.15, 0.2) is 47.5 Å². The van der Waals surface area contributed by atoms with Crippen LogP contribution in [0.25, 0.3) is 0 Å². The van der Waals surface area contributed by atoms with Crippen LogP contribution in [0.5, 0.6) is 0 Å². The average Bonchev–Trinajstić information content (AvgIpc) is 2.70. The molecule has 1 aromatic heterocycles. The summed E-state index contributed by atoms with van der Waals surface area (Å²) in [5.41, 5.74) is 0. The summed E-state index contributed by atoms with van der Waals surface area (Å²) in [5, 5.41) is 0.320. The fourth-order valence-corrected chi connectivity index (χ4v) is 4.80. The van der Waals surface area contributed by atoms with Gasteiger partial charge in [0, 0.05) is 44.4 Å². The number of benzene rings is 1. The summed E-state index contributed by atoms with van der Waals surface area (Å²) in [7, 11) is -2.57. The zero-order valence-electron chi connectivity index (χ0n) is 15.3. The Bertz CT molecular complexity index is 949. The van der Waals surface area contributed by atoms with Crippen molar-refractivity contribution in [1.82, 2.24) is 14.2 Å². The second-order valence-electron chi connectivity index (χ2n) is 6.39. The Labute approximate surface area is 174 Å². The summed E-state index contributed by atoms with van der Waals surface area (Å²) in [4.78, 5) is 20.6. The molecule has 0 radical (unpaired) electrons. The number of rotatable bonds is 5. The maximum Gasteiger partial charge on any atom is 0.244 e. The fourth-order valence-electron chi connectivity index (χ4n) is 2.94. The highest BCUT2D eigenvalue weighted by atomic mass is 35.5. The third kappa shape index (κ3) is 4.57. The average molecular weight is 443 g/mol. The van der Waals surface area contributed by atoms with E-state index in [1.807, 2.05) is 18.2 Å².